The van der Waals surface area contributed by atoms with Crippen molar-refractivity contribution in [2.24, 2.45) is 0 Å². The summed E-state index contributed by atoms with van der Waals surface area (Å²) in [5, 5.41) is 23.4. The second kappa shape index (κ2) is 32.1. The molecule has 0 aliphatic rings. The van der Waals surface area contributed by atoms with Crippen LogP contribution in [0.2, 0.25) is 157 Å². The predicted molar refractivity (Wildman–Crippen MR) is 444 cm³/mol. The first-order valence-corrected chi connectivity index (χ1v) is 61.9. The molecule has 12 heteroatoms. The second-order valence-corrected chi connectivity index (χ2v) is 75.3. The maximum Gasteiger partial charge on any atom is 2.00 e. The normalized spacial score (nSPS) is 12.2. The van der Waals surface area contributed by atoms with Crippen LogP contribution in [0.15, 0.2) is 218 Å². The molecule has 0 fully saturated rings. The second-order valence-electron chi connectivity index (χ2n) is 34.7. The molecule has 0 spiro atoms. The van der Waals surface area contributed by atoms with Crippen LogP contribution in [0.5, 0.6) is 0 Å². The van der Waals surface area contributed by atoms with Crippen molar-refractivity contribution in [3.63, 3.8) is 0 Å². The predicted octanol–water partition coefficient (Wildman–Crippen LogP) is 15.3. The minimum absolute atomic E-state index is 0. The average Bonchev–Trinajstić information content (AvgIpc) is 1.40. The molecule has 0 aromatic heterocycles. The van der Waals surface area contributed by atoms with Crippen LogP contribution in [0, 0.1) is 0 Å². The van der Waals surface area contributed by atoms with E-state index >= 15 is 0 Å². The molecular weight excluding hydrogens is 1490 g/mol. The van der Waals surface area contributed by atoms with Crippen LogP contribution in [0.25, 0.3) is 87.6 Å². The molecule has 12 rings (SSSR count). The fourth-order valence-corrected chi connectivity index (χ4v) is 21.9. The van der Waals surface area contributed by atoms with Gasteiger partial charge >= 0.3 is 52.4 Å². The monoisotopic (exact) mass is 1590 g/mol. The molecule has 96 heavy (non-hydrogen) atoms. The van der Waals surface area contributed by atoms with Crippen molar-refractivity contribution in [1.82, 2.24) is 0 Å². The number of fused-ring (bicyclic) bond motifs is 4. The Hall–Kier alpha value is -3.72. The van der Waals surface area contributed by atoms with Gasteiger partial charge in [0, 0.05) is 0 Å². The molecule has 0 N–H and O–H groups in total. The van der Waals surface area contributed by atoms with Crippen LogP contribution in [0.4, 0.5) is 0 Å². The Kier molecular flexibility index (Phi) is 27.7. The third-order valence-corrected chi connectivity index (χ3v) is 34.6. The number of rotatable bonds is 12. The first-order valence-electron chi connectivity index (χ1n) is 33.9. The van der Waals surface area contributed by atoms with Crippen LogP contribution >= 0.6 is 0 Å². The molecule has 12 aromatic rings. The third kappa shape index (κ3) is 21.2. The van der Waals surface area contributed by atoms with E-state index in [1.54, 1.807) is 41.5 Å². The van der Waals surface area contributed by atoms with Crippen molar-refractivity contribution in [3.8, 4) is 44.5 Å². The minimum atomic E-state index is -1.32. The minimum Gasteiger partial charge on any atom is -1.00 e. The van der Waals surface area contributed by atoms with E-state index in [1.165, 1.54) is 87.6 Å². The molecule has 0 amide bonds. The first-order chi connectivity index (χ1) is 42.6. The fraction of sp³-hybridized carbons (Fsp3) is 0.286. The van der Waals surface area contributed by atoms with E-state index in [0.717, 1.165) is 0 Å². The maximum absolute atomic E-state index is 2.50. The molecule has 12 aromatic carbocycles. The van der Waals surface area contributed by atoms with Gasteiger partial charge in [-0.15, -0.1) is 138 Å². The van der Waals surface area contributed by atoms with Crippen LogP contribution in [-0.4, -0.2) is 64.6 Å². The molecule has 0 bridgehead atoms. The van der Waals surface area contributed by atoms with Gasteiger partial charge in [-0.2, -0.15) is 0 Å². The Labute approximate surface area is 639 Å². The first kappa shape index (κ1) is 82.9. The van der Waals surface area contributed by atoms with Gasteiger partial charge in [0.25, 0.3) is 0 Å². The number of benzene rings is 8. The van der Waals surface area contributed by atoms with E-state index in [0.29, 0.717) is 0 Å². The summed E-state index contributed by atoms with van der Waals surface area (Å²) in [4.78, 5) is 0. The maximum atomic E-state index is 2.50. The van der Waals surface area contributed by atoms with Crippen LogP contribution < -0.4 is 66.3 Å². The van der Waals surface area contributed by atoms with Gasteiger partial charge < -0.3 is 24.8 Å². The Morgan fingerprint density at radius 3 is 0.448 bits per heavy atom. The van der Waals surface area contributed by atoms with E-state index in [4.69, 9.17) is 0 Å². The van der Waals surface area contributed by atoms with Crippen molar-refractivity contribution in [2.45, 2.75) is 157 Å². The van der Waals surface area contributed by atoms with Gasteiger partial charge in [0.05, 0.1) is 64.6 Å². The number of hydrogen-bond donors (Lipinski definition) is 0. The zero-order valence-corrected chi connectivity index (χ0v) is 77.0. The summed E-state index contributed by atoms with van der Waals surface area (Å²) in [6.07, 6.45) is 0. The summed E-state index contributed by atoms with van der Waals surface area (Å²) >= 11 is 0. The molecular formula is C84H108Cl2Si8Zr2-2. The summed E-state index contributed by atoms with van der Waals surface area (Å²) in [5.41, 5.74) is 11.1. The van der Waals surface area contributed by atoms with E-state index in [-0.39, 0.29) is 77.2 Å². The Bertz CT molecular complexity index is 3720. The molecule has 0 heterocycles. The Morgan fingerprint density at radius 1 is 0.188 bits per heavy atom. The molecule has 0 aliphatic carbocycles. The van der Waals surface area contributed by atoms with Gasteiger partial charge in [-0.3, -0.25) is 0 Å². The van der Waals surface area contributed by atoms with E-state index in [2.05, 4.69) is 376 Å². The van der Waals surface area contributed by atoms with Gasteiger partial charge in [0.15, 0.2) is 0 Å². The van der Waals surface area contributed by atoms with Crippen molar-refractivity contribution >= 4 is 149 Å². The van der Waals surface area contributed by atoms with Gasteiger partial charge in [0.2, 0.25) is 0 Å². The quantitative estimate of drug-likeness (QED) is 0.0845. The van der Waals surface area contributed by atoms with Gasteiger partial charge in [-0.05, 0) is 0 Å². The Balaban J connectivity index is 0.000000228. The zero-order valence-electron chi connectivity index (χ0n) is 62.5. The molecule has 0 radical (unpaired) electrons. The molecule has 0 saturated carbocycles. The smallest absolute Gasteiger partial charge is 1.00 e. The van der Waals surface area contributed by atoms with Gasteiger partial charge in [-0.25, -0.2) is 0 Å². The van der Waals surface area contributed by atoms with Crippen LogP contribution in [0.1, 0.15) is 0 Å². The third-order valence-electron chi connectivity index (χ3n) is 18.5. The molecule has 0 nitrogen and oxygen atoms in total. The molecule has 0 saturated heterocycles. The summed E-state index contributed by atoms with van der Waals surface area (Å²) in [6, 6.07) is 83.0. The largest absolute Gasteiger partial charge is 2.00 e. The molecule has 0 aliphatic heterocycles. The zero-order chi connectivity index (χ0) is 67.3. The average molecular weight is 1600 g/mol. The van der Waals surface area contributed by atoms with Crippen molar-refractivity contribution in [2.75, 3.05) is 0 Å². The Morgan fingerprint density at radius 2 is 0.323 bits per heavy atom. The van der Waals surface area contributed by atoms with Crippen molar-refractivity contribution in [3.05, 3.63) is 218 Å². The summed E-state index contributed by atoms with van der Waals surface area (Å²) < 4.78 is 0. The summed E-state index contributed by atoms with van der Waals surface area (Å²) in [7, 11) is -10.6. The summed E-state index contributed by atoms with van der Waals surface area (Å²) in [5.74, 6) is 0. The van der Waals surface area contributed by atoms with Crippen molar-refractivity contribution in [1.29, 1.82) is 0 Å². The van der Waals surface area contributed by atoms with Crippen LogP contribution in [0.3, 0.4) is 0 Å². The van der Waals surface area contributed by atoms with Crippen molar-refractivity contribution < 1.29 is 77.2 Å². The SMILES string of the molecule is C[Si](C)(C)c1cc(-c2cc3ccccc3[cH-]2)cc([Si](C)(C)C)c1.C[Si](C)(C)c1cc(-c2cc3ccccc3[cH-]2)cc([Si](C)(C)C)c1.C[Si](C)(C)c1cc(-c2cc3ccccc3[cH-]2)cc([Si](C)(C)C)c1.C[Si](C)(C)c1cc(-c2cc3ccccc3[cH-]2)cc([Si](C)(C)C)c1.[Cl-].[Cl-].[Zr+2].[Zr+2]. The molecule has 0 atom stereocenters. The van der Waals surface area contributed by atoms with Gasteiger partial charge in [-0.1, -0.05) is 366 Å². The topological polar surface area (TPSA) is 0 Å². The standard InChI is InChI=1S/4C21H27Si2.2ClH.2Zr/c4*1-22(2,3)20-13-19(14-21(15-20)23(4,5)6)18-11-16-9-7-8-10-17(16)12-18;;;;/h4*7-15H,1-6H3;2*1H;;/q4*-1;;;2*+2/p-2. The summed E-state index contributed by atoms with van der Waals surface area (Å²) in [6.45, 7) is 58.7. The molecule has 500 valence electrons. The number of hydrogen-bond acceptors (Lipinski definition) is 0. The number of halogens is 2. The van der Waals surface area contributed by atoms with E-state index < -0.39 is 64.6 Å². The molecule has 0 unspecified atom stereocenters. The van der Waals surface area contributed by atoms with E-state index in [9.17, 15) is 0 Å². The van der Waals surface area contributed by atoms with E-state index in [1.807, 2.05) is 0 Å². The van der Waals surface area contributed by atoms with Gasteiger partial charge in [0.1, 0.15) is 0 Å². The van der Waals surface area contributed by atoms with Crippen LogP contribution in [-0.2, 0) is 52.4 Å². The fourth-order valence-electron chi connectivity index (χ4n) is 11.9.